The van der Waals surface area contributed by atoms with Crippen LogP contribution in [0.1, 0.15) is 24.0 Å². The Morgan fingerprint density at radius 1 is 1.02 bits per heavy atom. The van der Waals surface area contributed by atoms with Gasteiger partial charge in [-0.1, -0.05) is 36.4 Å². The van der Waals surface area contributed by atoms with Crippen molar-refractivity contribution in [1.82, 2.24) is 19.9 Å². The van der Waals surface area contributed by atoms with Crippen LogP contribution >= 0.6 is 0 Å². The minimum absolute atomic E-state index is 0.192. The number of rotatable bonds is 6. The number of pyridine rings is 2. The van der Waals surface area contributed by atoms with Crippen LogP contribution in [0.4, 0.5) is 5.69 Å². The van der Waals surface area contributed by atoms with Gasteiger partial charge in [0.2, 0.25) is 0 Å². The van der Waals surface area contributed by atoms with Gasteiger partial charge < -0.3 is 9.97 Å². The predicted octanol–water partition coefficient (Wildman–Crippen LogP) is 4.86. The third kappa shape index (κ3) is 4.90. The second-order valence-electron chi connectivity index (χ2n) is 10.6. The molecule has 1 aliphatic rings. The van der Waals surface area contributed by atoms with Crippen molar-refractivity contribution in [3.63, 3.8) is 0 Å². The highest BCUT2D eigenvalue weighted by Crippen LogP contribution is 2.33. The summed E-state index contributed by atoms with van der Waals surface area (Å²) in [6.07, 6.45) is 4.39. The number of H-pyrrole nitrogens is 2. The first-order chi connectivity index (χ1) is 19.2. The average Bonchev–Trinajstić information content (AvgIpc) is 3.38. The number of aromatic amines is 2. The summed E-state index contributed by atoms with van der Waals surface area (Å²) in [5.41, 5.74) is 9.22. The van der Waals surface area contributed by atoms with Crippen LogP contribution in [-0.2, 0) is 16.4 Å². The lowest BCUT2D eigenvalue weighted by Crippen LogP contribution is -2.38. The molecule has 4 heterocycles. The molecule has 0 aliphatic carbocycles. The molecule has 4 N–H and O–H groups in total. The molecule has 206 valence electrons. The lowest BCUT2D eigenvalue weighted by molar-refractivity contribution is 0.222. The normalized spacial score (nSPS) is 15.2. The lowest BCUT2D eigenvalue weighted by Gasteiger charge is -2.31. The van der Waals surface area contributed by atoms with Crippen molar-refractivity contribution in [2.24, 2.45) is 0 Å². The molecule has 0 bridgehead atoms. The van der Waals surface area contributed by atoms with Gasteiger partial charge in [0.15, 0.2) is 0 Å². The summed E-state index contributed by atoms with van der Waals surface area (Å²) >= 11 is 0. The van der Waals surface area contributed by atoms with Crippen molar-refractivity contribution in [2.75, 3.05) is 24.8 Å². The standard InChI is InChI=1S/C30H31N5O4S/c1-18-27(21-7-9-22(34-37)10-8-21)30(36)33-26-16-31-29-24(28(18)26)15-25(32-29)20-5-3-19(4-6-20)17-35-13-11-23(12-14-35)40(2,38)39/h3-10,15-16,23,34,37H,11-14,17H2,1-2H3,(H,31,32)(H,33,36). The third-order valence-corrected chi connectivity index (χ3v) is 9.68. The lowest BCUT2D eigenvalue weighted by atomic mass is 9.97. The number of likely N-dealkylation sites (tertiary alicyclic amines) is 1. The first-order valence-corrected chi connectivity index (χ1v) is 15.2. The van der Waals surface area contributed by atoms with E-state index in [0.717, 1.165) is 58.4 Å². The first-order valence-electron chi connectivity index (χ1n) is 13.3. The molecule has 10 heteroatoms. The van der Waals surface area contributed by atoms with Gasteiger partial charge in [-0.15, -0.1) is 0 Å². The fourth-order valence-electron chi connectivity index (χ4n) is 5.81. The number of hydrogen-bond donors (Lipinski definition) is 4. The highest BCUT2D eigenvalue weighted by atomic mass is 32.2. The molecule has 40 heavy (non-hydrogen) atoms. The molecule has 2 aromatic carbocycles. The predicted molar refractivity (Wildman–Crippen MR) is 158 cm³/mol. The number of anilines is 1. The summed E-state index contributed by atoms with van der Waals surface area (Å²) < 4.78 is 23.7. The van der Waals surface area contributed by atoms with Crippen LogP contribution in [-0.4, -0.2) is 58.1 Å². The van der Waals surface area contributed by atoms with Gasteiger partial charge in [-0.25, -0.2) is 13.4 Å². The number of hydrogen-bond acceptors (Lipinski definition) is 7. The van der Waals surface area contributed by atoms with E-state index in [1.165, 1.54) is 11.8 Å². The Morgan fingerprint density at radius 3 is 2.35 bits per heavy atom. The van der Waals surface area contributed by atoms with E-state index in [4.69, 9.17) is 5.21 Å². The second-order valence-corrected chi connectivity index (χ2v) is 13.0. The Hall–Kier alpha value is -3.99. The van der Waals surface area contributed by atoms with Gasteiger partial charge in [0.05, 0.1) is 28.2 Å². The summed E-state index contributed by atoms with van der Waals surface area (Å²) in [4.78, 5) is 26.3. The highest BCUT2D eigenvalue weighted by Gasteiger charge is 2.26. The fourth-order valence-corrected chi connectivity index (χ4v) is 6.88. The van der Waals surface area contributed by atoms with Gasteiger partial charge in [0.1, 0.15) is 15.5 Å². The Kier molecular flexibility index (Phi) is 6.69. The Balaban J connectivity index is 1.29. The number of nitrogens with one attached hydrogen (secondary N) is 3. The molecule has 0 atom stereocenters. The van der Waals surface area contributed by atoms with E-state index in [1.54, 1.807) is 30.5 Å². The number of benzene rings is 2. The zero-order valence-corrected chi connectivity index (χ0v) is 23.2. The summed E-state index contributed by atoms with van der Waals surface area (Å²) in [6, 6.07) is 17.5. The van der Waals surface area contributed by atoms with E-state index >= 15 is 0 Å². The molecule has 1 fully saturated rings. The van der Waals surface area contributed by atoms with Crippen LogP contribution in [0, 0.1) is 6.92 Å². The van der Waals surface area contributed by atoms with Crippen molar-refractivity contribution < 1.29 is 13.6 Å². The topological polar surface area (TPSA) is 131 Å². The molecule has 9 nitrogen and oxygen atoms in total. The molecular weight excluding hydrogens is 526 g/mol. The Bertz CT molecular complexity index is 1870. The van der Waals surface area contributed by atoms with Crippen LogP contribution in [0.3, 0.4) is 0 Å². The maximum Gasteiger partial charge on any atom is 0.256 e. The monoisotopic (exact) mass is 557 g/mol. The third-order valence-electron chi connectivity index (χ3n) is 8.00. The molecule has 3 aromatic heterocycles. The van der Waals surface area contributed by atoms with E-state index < -0.39 is 9.84 Å². The summed E-state index contributed by atoms with van der Waals surface area (Å²) in [5.74, 6) is 0. The minimum atomic E-state index is -2.97. The van der Waals surface area contributed by atoms with Crippen molar-refractivity contribution in [1.29, 1.82) is 0 Å². The van der Waals surface area contributed by atoms with Gasteiger partial charge in [-0.2, -0.15) is 0 Å². The number of nitrogens with zero attached hydrogens (tertiary/aromatic N) is 2. The van der Waals surface area contributed by atoms with Gasteiger partial charge in [-0.3, -0.25) is 20.4 Å². The molecule has 1 aliphatic heterocycles. The molecule has 5 aromatic rings. The zero-order valence-electron chi connectivity index (χ0n) is 22.4. The maximum atomic E-state index is 13.0. The number of piperidine rings is 1. The first kappa shape index (κ1) is 26.2. The minimum Gasteiger partial charge on any atom is -0.339 e. The quantitative estimate of drug-likeness (QED) is 0.219. The molecule has 6 rings (SSSR count). The average molecular weight is 558 g/mol. The van der Waals surface area contributed by atoms with Crippen molar-refractivity contribution in [2.45, 2.75) is 31.6 Å². The number of fused-ring (bicyclic) bond motifs is 3. The van der Waals surface area contributed by atoms with E-state index in [0.29, 0.717) is 29.6 Å². The van der Waals surface area contributed by atoms with Gasteiger partial charge >= 0.3 is 0 Å². The largest absolute Gasteiger partial charge is 0.339 e. The number of sulfone groups is 1. The smallest absolute Gasteiger partial charge is 0.256 e. The fraction of sp³-hybridized carbons (Fsp3) is 0.267. The molecular formula is C30H31N5O4S. The molecule has 0 radical (unpaired) electrons. The molecule has 1 saturated heterocycles. The van der Waals surface area contributed by atoms with E-state index in [2.05, 4.69) is 55.7 Å². The number of aromatic nitrogens is 3. The van der Waals surface area contributed by atoms with E-state index in [-0.39, 0.29) is 10.8 Å². The maximum absolute atomic E-state index is 13.0. The molecule has 0 spiro atoms. The summed E-state index contributed by atoms with van der Waals surface area (Å²) in [6.45, 7) is 4.31. The van der Waals surface area contributed by atoms with Crippen LogP contribution < -0.4 is 11.0 Å². The van der Waals surface area contributed by atoms with Crippen LogP contribution in [0.15, 0.2) is 65.6 Å². The Morgan fingerprint density at radius 2 is 1.70 bits per heavy atom. The summed E-state index contributed by atoms with van der Waals surface area (Å²) in [5, 5.41) is 10.8. The molecule has 0 saturated carbocycles. The van der Waals surface area contributed by atoms with Gasteiger partial charge in [0, 0.05) is 29.3 Å². The summed E-state index contributed by atoms with van der Waals surface area (Å²) in [7, 11) is -2.97. The van der Waals surface area contributed by atoms with Gasteiger partial charge in [0.25, 0.3) is 5.56 Å². The van der Waals surface area contributed by atoms with E-state index in [9.17, 15) is 13.2 Å². The number of aryl methyl sites for hydroxylation is 1. The Labute approximate surface area is 231 Å². The van der Waals surface area contributed by atoms with Crippen molar-refractivity contribution in [3.05, 3.63) is 82.3 Å². The zero-order chi connectivity index (χ0) is 28.0. The highest BCUT2D eigenvalue weighted by molar-refractivity contribution is 7.91. The molecule has 0 amide bonds. The van der Waals surface area contributed by atoms with Crippen molar-refractivity contribution in [3.8, 4) is 22.4 Å². The second kappa shape index (κ2) is 10.2. The SMILES string of the molecule is Cc1c(-c2ccc(NO)cc2)c(=O)[nH]c2cnc3[nH]c(-c4ccc(CN5CCC(S(C)(=O)=O)CC5)cc4)cc3c12. The van der Waals surface area contributed by atoms with Crippen LogP contribution in [0.5, 0.6) is 0 Å². The van der Waals surface area contributed by atoms with Crippen molar-refractivity contribution >= 4 is 37.5 Å². The van der Waals surface area contributed by atoms with Gasteiger partial charge in [-0.05, 0) is 73.3 Å². The van der Waals surface area contributed by atoms with Crippen LogP contribution in [0.25, 0.3) is 44.3 Å². The van der Waals surface area contributed by atoms with Crippen LogP contribution in [0.2, 0.25) is 0 Å². The van der Waals surface area contributed by atoms with E-state index in [1.807, 2.05) is 6.92 Å². The molecule has 0 unspecified atom stereocenters.